The molecule has 0 saturated carbocycles. The number of nitrogens with zero attached hydrogens (tertiary/aromatic N) is 6. The minimum Gasteiger partial charge on any atom is -0.368 e. The first kappa shape index (κ1) is 22.7. The molecule has 9 heteroatoms. The third kappa shape index (κ3) is 5.41. The first-order valence-corrected chi connectivity index (χ1v) is 10.6. The minimum absolute atomic E-state index is 0.0200. The van der Waals surface area contributed by atoms with Gasteiger partial charge in [0.15, 0.2) is 0 Å². The van der Waals surface area contributed by atoms with Gasteiger partial charge in [0.05, 0.1) is 16.5 Å². The predicted octanol–water partition coefficient (Wildman–Crippen LogP) is 1.75. The van der Waals surface area contributed by atoms with E-state index in [1.165, 1.54) is 6.07 Å². The second kappa shape index (κ2) is 9.91. The van der Waals surface area contributed by atoms with Gasteiger partial charge in [-0.05, 0) is 56.0 Å². The molecule has 1 aromatic heterocycles. The molecule has 8 nitrogen and oxygen atoms in total. The fraction of sp³-hybridized carbons (Fsp3) is 0.500. The number of hydrogen-bond acceptors (Lipinski definition) is 5. The Morgan fingerprint density at radius 1 is 1.29 bits per heavy atom. The third-order valence-corrected chi connectivity index (χ3v) is 5.61. The van der Waals surface area contributed by atoms with Crippen LogP contribution >= 0.6 is 0 Å². The lowest BCUT2D eigenvalue weighted by molar-refractivity contribution is -0.114. The number of anilines is 1. The van der Waals surface area contributed by atoms with Gasteiger partial charge in [-0.15, -0.1) is 0 Å². The largest absolute Gasteiger partial charge is 0.368 e. The zero-order chi connectivity index (χ0) is 22.5. The molecule has 1 aromatic carbocycles. The maximum Gasteiger partial charge on any atom is 0.356 e. The summed E-state index contributed by atoms with van der Waals surface area (Å²) in [5.74, 6) is 5.17. The Morgan fingerprint density at radius 2 is 2.00 bits per heavy atom. The molecule has 2 heterocycles. The number of piperazine rings is 1. The second-order valence-corrected chi connectivity index (χ2v) is 8.66. The summed E-state index contributed by atoms with van der Waals surface area (Å²) in [4.78, 5) is 4.57. The summed E-state index contributed by atoms with van der Waals surface area (Å²) in [6.07, 6.45) is 2.45. The van der Waals surface area contributed by atoms with Gasteiger partial charge in [-0.1, -0.05) is 13.8 Å². The third-order valence-electron chi connectivity index (χ3n) is 5.61. The summed E-state index contributed by atoms with van der Waals surface area (Å²) in [7, 11) is 0. The number of hydrogen-bond donors (Lipinski definition) is 2. The monoisotopic (exact) mass is 427 g/mol. The highest BCUT2D eigenvalue weighted by Gasteiger charge is 2.33. The molecule has 3 rings (SSSR count). The molecule has 2 aromatic rings. The summed E-state index contributed by atoms with van der Waals surface area (Å²) in [5, 5.41) is 21.2. The molecule has 0 radical (unpaired) electrons. The van der Waals surface area contributed by atoms with Crippen molar-refractivity contribution in [2.45, 2.75) is 52.7 Å². The zero-order valence-corrected chi connectivity index (χ0v) is 18.7. The number of benzene rings is 1. The molecule has 1 aliphatic rings. The molecule has 4 N–H and O–H groups in total. The lowest BCUT2D eigenvalue weighted by Crippen LogP contribution is -2.57. The minimum atomic E-state index is -0.402. The Labute approximate surface area is 182 Å². The van der Waals surface area contributed by atoms with Gasteiger partial charge in [0, 0.05) is 43.1 Å². The summed E-state index contributed by atoms with van der Waals surface area (Å²) in [6.45, 7) is 10.7. The van der Waals surface area contributed by atoms with Gasteiger partial charge in [0.25, 0.3) is 0 Å². The molecule has 166 valence electrons. The normalized spacial score (nSPS) is 20.0. The number of aromatic nitrogens is 2. The number of amidine groups is 1. The van der Waals surface area contributed by atoms with E-state index in [-0.39, 0.29) is 23.5 Å². The van der Waals surface area contributed by atoms with Crippen molar-refractivity contribution in [1.82, 2.24) is 15.1 Å². The van der Waals surface area contributed by atoms with Crippen LogP contribution in [0.25, 0.3) is 0 Å². The quantitative estimate of drug-likeness (QED) is 0.240. The lowest BCUT2D eigenvalue weighted by atomic mass is 9.97. The van der Waals surface area contributed by atoms with E-state index in [0.29, 0.717) is 12.5 Å². The number of halogens is 1. The Bertz CT molecular complexity index is 919. The van der Waals surface area contributed by atoms with E-state index in [1.807, 2.05) is 18.2 Å². The van der Waals surface area contributed by atoms with Crippen molar-refractivity contribution in [3.8, 4) is 0 Å². The van der Waals surface area contributed by atoms with Crippen LogP contribution in [0.5, 0.6) is 0 Å². The van der Waals surface area contributed by atoms with Gasteiger partial charge in [-0.25, -0.2) is 4.39 Å². The molecule has 0 bridgehead atoms. The Kier molecular flexibility index (Phi) is 7.27. The van der Waals surface area contributed by atoms with Gasteiger partial charge >= 0.3 is 5.84 Å². The van der Waals surface area contributed by atoms with Crippen LogP contribution in [0.4, 0.5) is 10.1 Å². The van der Waals surface area contributed by atoms with Crippen LogP contribution < -0.4 is 16.2 Å². The van der Waals surface area contributed by atoms with E-state index < -0.39 is 5.82 Å². The summed E-state index contributed by atoms with van der Waals surface area (Å²) >= 11 is 0. The van der Waals surface area contributed by atoms with Crippen molar-refractivity contribution in [3.05, 3.63) is 53.1 Å². The van der Waals surface area contributed by atoms with Crippen LogP contribution in [0, 0.1) is 11.7 Å². The molecule has 1 saturated heterocycles. The molecule has 31 heavy (non-hydrogen) atoms. The maximum absolute atomic E-state index is 15.2. The molecule has 0 amide bonds. The Hall–Kier alpha value is -2.94. The van der Waals surface area contributed by atoms with Crippen molar-refractivity contribution < 1.29 is 9.80 Å². The molecule has 0 unspecified atom stereocenters. The lowest BCUT2D eigenvalue weighted by Gasteiger charge is -2.45. The van der Waals surface area contributed by atoms with E-state index in [4.69, 9.17) is 11.3 Å². The summed E-state index contributed by atoms with van der Waals surface area (Å²) in [5.41, 5.74) is 2.86. The van der Waals surface area contributed by atoms with Crippen LogP contribution in [0.1, 0.15) is 44.5 Å². The molecular weight excluding hydrogens is 395 g/mol. The van der Waals surface area contributed by atoms with E-state index in [0.717, 1.165) is 36.5 Å². The predicted molar refractivity (Wildman–Crippen MR) is 119 cm³/mol. The van der Waals surface area contributed by atoms with Crippen molar-refractivity contribution >= 4 is 11.5 Å². The maximum atomic E-state index is 15.2. The summed E-state index contributed by atoms with van der Waals surface area (Å²) in [6, 6.07) is 7.87. The summed E-state index contributed by atoms with van der Waals surface area (Å²) < 4.78 is 15.2. The van der Waals surface area contributed by atoms with Crippen LogP contribution in [0.2, 0.25) is 0 Å². The topological polar surface area (TPSA) is 109 Å². The van der Waals surface area contributed by atoms with Crippen molar-refractivity contribution in [1.29, 1.82) is 0 Å². The van der Waals surface area contributed by atoms with Crippen LogP contribution in [-0.2, 0) is 13.0 Å². The average Bonchev–Trinajstić information content (AvgIpc) is 2.70. The Balaban J connectivity index is 1.92. The molecule has 1 aliphatic heterocycles. The van der Waals surface area contributed by atoms with Gasteiger partial charge in [-0.2, -0.15) is 10.2 Å². The number of rotatable bonds is 6. The van der Waals surface area contributed by atoms with Crippen LogP contribution in [0.15, 0.2) is 40.8 Å². The van der Waals surface area contributed by atoms with E-state index >= 15 is 4.39 Å². The van der Waals surface area contributed by atoms with E-state index in [9.17, 15) is 0 Å². The fourth-order valence-corrected chi connectivity index (χ4v) is 4.32. The molecule has 0 spiro atoms. The van der Waals surface area contributed by atoms with Crippen molar-refractivity contribution in [3.63, 3.8) is 0 Å². The zero-order valence-electron chi connectivity index (χ0n) is 18.7. The standard InChI is InChI=1S/C22H31FN8/c1-14(2)8-17-9-19(23)21(22(24)28-29-25)20(10-17)30-11-15(3)31(16(4)12-30)13-18-6-5-7-26-27-18/h5-7,9-10,14-16H,8,11-13H2,1-4H3,(H3,24,25,28)/p+1/t15-,16-/m0/s1. The molecule has 0 aliphatic carbocycles. The van der Waals surface area contributed by atoms with E-state index in [2.05, 4.69) is 58.0 Å². The molecule has 1 fully saturated rings. The van der Waals surface area contributed by atoms with Gasteiger partial charge < -0.3 is 4.90 Å². The first-order valence-electron chi connectivity index (χ1n) is 10.6. The van der Waals surface area contributed by atoms with Crippen molar-refractivity contribution in [2.75, 3.05) is 18.0 Å². The highest BCUT2D eigenvalue weighted by Crippen LogP contribution is 2.31. The van der Waals surface area contributed by atoms with E-state index in [1.54, 1.807) is 6.20 Å². The van der Waals surface area contributed by atoms with Gasteiger partial charge in [-0.3, -0.25) is 16.2 Å². The van der Waals surface area contributed by atoms with Gasteiger partial charge in [0.1, 0.15) is 11.4 Å². The van der Waals surface area contributed by atoms with Gasteiger partial charge in [0.2, 0.25) is 0 Å². The molecule has 2 atom stereocenters. The van der Waals surface area contributed by atoms with Crippen molar-refractivity contribution in [2.24, 2.45) is 22.1 Å². The Morgan fingerprint density at radius 3 is 2.58 bits per heavy atom. The highest BCUT2D eigenvalue weighted by molar-refractivity contribution is 6.00. The molecular formula is C22H32FN8+. The average molecular weight is 428 g/mol. The smallest absolute Gasteiger partial charge is 0.356 e. The second-order valence-electron chi connectivity index (χ2n) is 8.66. The first-order chi connectivity index (χ1) is 14.8. The van der Waals surface area contributed by atoms with Crippen LogP contribution in [0.3, 0.4) is 0 Å². The highest BCUT2D eigenvalue weighted by atomic mass is 19.1. The fourth-order valence-electron chi connectivity index (χ4n) is 4.32. The number of nitrogens with two attached hydrogens (primary N) is 2. The SMILES string of the molecule is CC(C)Cc1cc(F)c(C(=[NH2+])N=NN)c(N2C[C@H](C)N(Cc3cccnn3)[C@@H](C)C2)c1. The van der Waals surface area contributed by atoms with Crippen LogP contribution in [-0.4, -0.2) is 46.1 Å².